The Morgan fingerprint density at radius 3 is 2.47 bits per heavy atom. The molecule has 2 aliphatic rings. The number of piperidine rings is 1. The van der Waals surface area contributed by atoms with E-state index in [0.717, 1.165) is 37.1 Å². The minimum atomic E-state index is -0.527. The summed E-state index contributed by atoms with van der Waals surface area (Å²) in [6.07, 6.45) is 2.60. The summed E-state index contributed by atoms with van der Waals surface area (Å²) < 4.78 is 14.4. The van der Waals surface area contributed by atoms with Crippen molar-refractivity contribution in [1.82, 2.24) is 14.9 Å². The average molecular weight is 442 g/mol. The maximum Gasteiger partial charge on any atom is 0.229 e. The quantitative estimate of drug-likeness (QED) is 0.728. The molecule has 2 saturated heterocycles. The van der Waals surface area contributed by atoms with Crippen LogP contribution in [0.1, 0.15) is 19.8 Å². The third-order valence-electron chi connectivity index (χ3n) is 6.06. The van der Waals surface area contributed by atoms with Gasteiger partial charge < -0.3 is 25.8 Å². The van der Waals surface area contributed by atoms with Gasteiger partial charge in [-0.1, -0.05) is 0 Å². The second-order valence-electron chi connectivity index (χ2n) is 8.22. The Kier molecular flexibility index (Phi) is 6.38. The Labute approximate surface area is 186 Å². The predicted octanol–water partition coefficient (Wildman–Crippen LogP) is 1.73. The smallest absolute Gasteiger partial charge is 0.229 e. The number of primary amides is 1. The largest absolute Gasteiger partial charge is 0.369 e. The highest BCUT2D eigenvalue weighted by Crippen LogP contribution is 2.26. The molecule has 10 heteroatoms. The Balaban J connectivity index is 1.42. The summed E-state index contributed by atoms with van der Waals surface area (Å²) in [5, 5.41) is 3.12. The van der Waals surface area contributed by atoms with Gasteiger partial charge in [-0.15, -0.1) is 0 Å². The first-order valence-corrected chi connectivity index (χ1v) is 10.8. The van der Waals surface area contributed by atoms with E-state index in [2.05, 4.69) is 20.2 Å². The Hall–Kier alpha value is -3.43. The van der Waals surface area contributed by atoms with Crippen LogP contribution in [0, 0.1) is 11.7 Å². The van der Waals surface area contributed by atoms with Crippen molar-refractivity contribution in [3.8, 4) is 0 Å². The fraction of sp³-hybridized carbons (Fsp3) is 0.455. The molecule has 1 aromatic carbocycles. The molecule has 3 N–H and O–H groups in total. The molecule has 0 radical (unpaired) electrons. The normalized spacial score (nSPS) is 19.1. The van der Waals surface area contributed by atoms with E-state index in [-0.39, 0.29) is 29.5 Å². The van der Waals surface area contributed by atoms with Crippen molar-refractivity contribution in [3.63, 3.8) is 0 Å². The lowest BCUT2D eigenvalue weighted by Crippen LogP contribution is -2.48. The van der Waals surface area contributed by atoms with Gasteiger partial charge in [0, 0.05) is 57.6 Å². The molecule has 32 heavy (non-hydrogen) atoms. The lowest BCUT2D eigenvalue weighted by atomic mass is 9.97. The maximum absolute atomic E-state index is 14.4. The molecule has 1 aromatic heterocycles. The fourth-order valence-corrected chi connectivity index (χ4v) is 4.21. The molecule has 4 rings (SSSR count). The number of nitrogens with one attached hydrogen (secondary N) is 1. The third-order valence-corrected chi connectivity index (χ3v) is 6.06. The zero-order valence-electron chi connectivity index (χ0n) is 18.1. The number of hydrogen-bond acceptors (Lipinski definition) is 7. The highest BCUT2D eigenvalue weighted by molar-refractivity contribution is 5.77. The van der Waals surface area contributed by atoms with Crippen LogP contribution in [0.5, 0.6) is 0 Å². The summed E-state index contributed by atoms with van der Waals surface area (Å²) in [6.45, 7) is 5.58. The molecule has 1 atom stereocenters. The van der Waals surface area contributed by atoms with Crippen molar-refractivity contribution in [3.05, 3.63) is 36.3 Å². The van der Waals surface area contributed by atoms with Gasteiger partial charge in [-0.05, 0) is 37.1 Å². The lowest BCUT2D eigenvalue weighted by molar-refractivity contribution is -0.129. The first-order chi connectivity index (χ1) is 15.4. The van der Waals surface area contributed by atoms with Crippen molar-refractivity contribution in [2.45, 2.75) is 19.8 Å². The molecular formula is C22H28FN7O2. The number of anilines is 4. The molecule has 0 saturated carbocycles. The van der Waals surface area contributed by atoms with Crippen LogP contribution < -0.4 is 20.9 Å². The monoisotopic (exact) mass is 441 g/mol. The van der Waals surface area contributed by atoms with Gasteiger partial charge in [0.15, 0.2) is 11.6 Å². The molecule has 1 unspecified atom stereocenters. The Morgan fingerprint density at radius 2 is 1.81 bits per heavy atom. The Morgan fingerprint density at radius 1 is 1.09 bits per heavy atom. The summed E-state index contributed by atoms with van der Waals surface area (Å²) >= 11 is 0. The van der Waals surface area contributed by atoms with Crippen LogP contribution in [0.15, 0.2) is 30.5 Å². The zero-order valence-corrected chi connectivity index (χ0v) is 18.1. The van der Waals surface area contributed by atoms with Crippen LogP contribution in [0.2, 0.25) is 0 Å². The molecule has 9 nitrogen and oxygen atoms in total. The topological polar surface area (TPSA) is 108 Å². The predicted molar refractivity (Wildman–Crippen MR) is 120 cm³/mol. The van der Waals surface area contributed by atoms with Gasteiger partial charge in [0.2, 0.25) is 17.8 Å². The van der Waals surface area contributed by atoms with Crippen LogP contribution in [0.25, 0.3) is 0 Å². The second-order valence-corrected chi connectivity index (χ2v) is 8.22. The van der Waals surface area contributed by atoms with Crippen molar-refractivity contribution in [2.75, 3.05) is 54.4 Å². The van der Waals surface area contributed by atoms with E-state index in [1.165, 1.54) is 0 Å². The molecule has 2 aliphatic heterocycles. The molecule has 0 spiro atoms. The number of piperazine rings is 1. The number of rotatable bonds is 5. The van der Waals surface area contributed by atoms with Crippen LogP contribution in [-0.4, -0.2) is 66.0 Å². The number of aromatic nitrogens is 2. The molecular weight excluding hydrogens is 413 g/mol. The SMILES string of the molecule is CC(=O)N1CCN(c2ccc(Nc3ncc(F)c(N4CCCC(C(N)=O)C4)n3)cc2)CC1. The molecule has 0 aliphatic carbocycles. The second kappa shape index (κ2) is 9.37. The number of halogens is 1. The van der Waals surface area contributed by atoms with Gasteiger partial charge in [0.05, 0.1) is 12.1 Å². The minimum Gasteiger partial charge on any atom is -0.369 e. The number of carbonyl (C=O) groups is 2. The standard InChI is InChI=1S/C22H28FN7O2/c1-15(31)28-9-11-29(12-10-28)18-6-4-17(5-7-18)26-22-25-13-19(23)21(27-22)30-8-2-3-16(14-30)20(24)32/h4-7,13,16H,2-3,8-12,14H2,1H3,(H2,24,32)(H,25,26,27). The first-order valence-electron chi connectivity index (χ1n) is 10.8. The van der Waals surface area contributed by atoms with Crippen LogP contribution >= 0.6 is 0 Å². The summed E-state index contributed by atoms with van der Waals surface area (Å²) in [5.41, 5.74) is 7.29. The van der Waals surface area contributed by atoms with Gasteiger partial charge in [-0.3, -0.25) is 9.59 Å². The van der Waals surface area contributed by atoms with Crippen molar-refractivity contribution < 1.29 is 14.0 Å². The summed E-state index contributed by atoms with van der Waals surface area (Å²) in [4.78, 5) is 37.3. The number of carbonyl (C=O) groups excluding carboxylic acids is 2. The lowest BCUT2D eigenvalue weighted by Gasteiger charge is -2.35. The molecule has 2 aromatic rings. The number of hydrogen-bond donors (Lipinski definition) is 2. The van der Waals surface area contributed by atoms with E-state index in [1.54, 1.807) is 11.8 Å². The number of amides is 2. The zero-order chi connectivity index (χ0) is 22.7. The molecule has 2 amide bonds. The molecule has 3 heterocycles. The minimum absolute atomic E-state index is 0.109. The highest BCUT2D eigenvalue weighted by Gasteiger charge is 2.27. The van der Waals surface area contributed by atoms with Gasteiger partial charge in [-0.2, -0.15) is 4.98 Å². The molecule has 170 valence electrons. The van der Waals surface area contributed by atoms with E-state index < -0.39 is 5.82 Å². The van der Waals surface area contributed by atoms with E-state index in [9.17, 15) is 14.0 Å². The summed E-state index contributed by atoms with van der Waals surface area (Å²) in [6, 6.07) is 7.84. The maximum atomic E-state index is 14.4. The van der Waals surface area contributed by atoms with Crippen molar-refractivity contribution in [2.24, 2.45) is 11.7 Å². The fourth-order valence-electron chi connectivity index (χ4n) is 4.21. The van der Waals surface area contributed by atoms with E-state index in [4.69, 9.17) is 5.73 Å². The number of nitrogens with two attached hydrogens (primary N) is 1. The van der Waals surface area contributed by atoms with E-state index in [1.807, 2.05) is 29.2 Å². The van der Waals surface area contributed by atoms with Crippen LogP contribution in [0.3, 0.4) is 0 Å². The van der Waals surface area contributed by atoms with Gasteiger partial charge in [0.1, 0.15) is 0 Å². The Bertz CT molecular complexity index is 977. The van der Waals surface area contributed by atoms with Crippen molar-refractivity contribution >= 4 is 35.0 Å². The number of nitrogens with zero attached hydrogens (tertiary/aromatic N) is 5. The van der Waals surface area contributed by atoms with Gasteiger partial charge >= 0.3 is 0 Å². The molecule has 2 fully saturated rings. The molecule has 0 bridgehead atoms. The van der Waals surface area contributed by atoms with E-state index >= 15 is 0 Å². The van der Waals surface area contributed by atoms with Gasteiger partial charge in [0.25, 0.3) is 0 Å². The average Bonchev–Trinajstić information content (AvgIpc) is 2.81. The van der Waals surface area contributed by atoms with Gasteiger partial charge in [-0.25, -0.2) is 9.37 Å². The number of benzene rings is 1. The third kappa shape index (κ3) is 4.90. The highest BCUT2D eigenvalue weighted by atomic mass is 19.1. The van der Waals surface area contributed by atoms with Crippen LogP contribution in [-0.2, 0) is 9.59 Å². The van der Waals surface area contributed by atoms with Crippen molar-refractivity contribution in [1.29, 1.82) is 0 Å². The van der Waals surface area contributed by atoms with E-state index in [0.29, 0.717) is 32.6 Å². The summed E-state index contributed by atoms with van der Waals surface area (Å²) in [7, 11) is 0. The first kappa shape index (κ1) is 21.8. The summed E-state index contributed by atoms with van der Waals surface area (Å²) in [5.74, 6) is -0.637. The van der Waals surface area contributed by atoms with Crippen LogP contribution in [0.4, 0.5) is 27.5 Å².